The molecule has 0 aliphatic heterocycles. The molecular weight excluding hydrogens is 522 g/mol. The van der Waals surface area contributed by atoms with Gasteiger partial charge in [-0.05, 0) is 0 Å². The Morgan fingerprint density at radius 2 is 0.805 bits per heavy atom. The van der Waals surface area contributed by atoms with Gasteiger partial charge in [-0.1, -0.05) is 39.5 Å². The van der Waals surface area contributed by atoms with Gasteiger partial charge in [0.15, 0.2) is 0 Å². The molecule has 0 saturated heterocycles. The molecule has 0 heterocycles. The standard InChI is InChI=1S/C36H62BO3P/c1-7-13-15-17-19-21-23-33-25-29-35(30-26-33)38-37(40-41(9-3,10-4,11-5)12-6)39-36-31-27-34(28-32-36)24-22-20-18-16-14-8-2/h25-32H,7-24H2,1-6H3. The third-order valence-corrected chi connectivity index (χ3v) is 16.7. The molecule has 0 atom stereocenters. The van der Waals surface area contributed by atoms with Crippen molar-refractivity contribution in [2.24, 2.45) is 0 Å². The van der Waals surface area contributed by atoms with Gasteiger partial charge in [-0.15, -0.1) is 0 Å². The van der Waals surface area contributed by atoms with E-state index in [0.29, 0.717) is 0 Å². The van der Waals surface area contributed by atoms with E-state index in [-0.39, 0.29) is 0 Å². The molecular formula is C36H62BO3P. The van der Waals surface area contributed by atoms with Gasteiger partial charge in [0.05, 0.1) is 0 Å². The number of benzene rings is 2. The molecule has 0 aliphatic carbocycles. The summed E-state index contributed by atoms with van der Waals surface area (Å²) < 4.78 is 19.9. The third-order valence-electron chi connectivity index (χ3n) is 9.53. The van der Waals surface area contributed by atoms with Crippen LogP contribution >= 0.6 is 6.83 Å². The molecule has 2 aromatic carbocycles. The summed E-state index contributed by atoms with van der Waals surface area (Å²) in [5.41, 5.74) is 2.74. The van der Waals surface area contributed by atoms with E-state index in [1.807, 2.05) is 0 Å². The molecule has 2 aromatic rings. The molecule has 41 heavy (non-hydrogen) atoms. The van der Waals surface area contributed by atoms with E-state index in [1.54, 1.807) is 0 Å². The first kappa shape index (κ1) is 35.7. The number of unbranched alkanes of at least 4 members (excludes halogenated alkanes) is 10. The molecule has 3 nitrogen and oxygen atoms in total. The molecule has 0 amide bonds. The van der Waals surface area contributed by atoms with Crippen molar-refractivity contribution in [1.29, 1.82) is 0 Å². The molecule has 0 unspecified atom stereocenters. The van der Waals surface area contributed by atoms with Gasteiger partial charge >= 0.3 is 216 Å². The second kappa shape index (κ2) is 19.6. The van der Waals surface area contributed by atoms with Crippen LogP contribution in [0.1, 0.15) is 130 Å². The number of hydrogen-bond acceptors (Lipinski definition) is 3. The minimum atomic E-state index is -2.44. The number of hydrogen-bond donors (Lipinski definition) is 0. The van der Waals surface area contributed by atoms with Crippen LogP contribution in [0.15, 0.2) is 48.5 Å². The molecule has 0 fully saturated rings. The van der Waals surface area contributed by atoms with Gasteiger partial charge in [-0.2, -0.15) is 0 Å². The van der Waals surface area contributed by atoms with Gasteiger partial charge in [-0.3, -0.25) is 0 Å². The zero-order valence-electron chi connectivity index (χ0n) is 27.6. The summed E-state index contributed by atoms with van der Waals surface area (Å²) in [5.74, 6) is 1.61. The van der Waals surface area contributed by atoms with E-state index in [1.165, 1.54) is 88.2 Å². The van der Waals surface area contributed by atoms with Crippen LogP contribution in [0, 0.1) is 0 Å². The van der Waals surface area contributed by atoms with E-state index in [9.17, 15) is 0 Å². The normalized spacial score (nSPS) is 12.6. The molecule has 0 radical (unpaired) electrons. The van der Waals surface area contributed by atoms with Crippen molar-refractivity contribution in [3.8, 4) is 11.5 Å². The van der Waals surface area contributed by atoms with Crippen molar-refractivity contribution in [3.63, 3.8) is 0 Å². The molecule has 0 N–H and O–H groups in total. The van der Waals surface area contributed by atoms with E-state index >= 15 is 0 Å². The van der Waals surface area contributed by atoms with Crippen LogP contribution in [-0.4, -0.2) is 32.0 Å². The van der Waals surface area contributed by atoms with Gasteiger partial charge in [-0.25, -0.2) is 0 Å². The first-order chi connectivity index (χ1) is 19.9. The van der Waals surface area contributed by atoms with Gasteiger partial charge in [0.2, 0.25) is 0 Å². The van der Waals surface area contributed by atoms with Gasteiger partial charge < -0.3 is 0 Å². The zero-order chi connectivity index (χ0) is 29.8. The van der Waals surface area contributed by atoms with Gasteiger partial charge in [0.1, 0.15) is 0 Å². The van der Waals surface area contributed by atoms with Crippen LogP contribution in [-0.2, 0) is 17.3 Å². The first-order valence-corrected chi connectivity index (χ1v) is 20.1. The fourth-order valence-electron chi connectivity index (χ4n) is 5.86. The molecule has 0 aromatic heterocycles. The Bertz CT molecular complexity index is 842. The number of aryl methyl sites for hydroxylation is 2. The topological polar surface area (TPSA) is 27.7 Å². The molecule has 0 aliphatic rings. The van der Waals surface area contributed by atoms with Gasteiger partial charge in [0, 0.05) is 0 Å². The van der Waals surface area contributed by atoms with Crippen LogP contribution < -0.4 is 9.31 Å². The Morgan fingerprint density at radius 3 is 1.15 bits per heavy atom. The maximum atomic E-state index is 7.00. The van der Waals surface area contributed by atoms with E-state index in [4.69, 9.17) is 13.7 Å². The fraction of sp³-hybridized carbons (Fsp3) is 0.667. The summed E-state index contributed by atoms with van der Waals surface area (Å²) in [6.45, 7) is 11.2. The van der Waals surface area contributed by atoms with Crippen LogP contribution in [0.2, 0.25) is 0 Å². The van der Waals surface area contributed by atoms with E-state index < -0.39 is 14.2 Å². The van der Waals surface area contributed by atoms with Crippen molar-refractivity contribution < 1.29 is 13.7 Å². The second-order valence-corrected chi connectivity index (χ2v) is 18.5. The summed E-state index contributed by atoms with van der Waals surface area (Å²) in [6.07, 6.45) is 22.3. The SMILES string of the molecule is CCCCCCCCc1ccc(OB(Oc2ccc(CCCCCCCC)cc2)OP(CC)(CC)(CC)CC)cc1. The number of rotatable bonds is 24. The summed E-state index contributed by atoms with van der Waals surface area (Å²) in [7, 11) is -0.763. The van der Waals surface area contributed by atoms with Gasteiger partial charge in [0.25, 0.3) is 0 Å². The zero-order valence-corrected chi connectivity index (χ0v) is 28.5. The Hall–Kier alpha value is -1.51. The summed E-state index contributed by atoms with van der Waals surface area (Å²) >= 11 is 0. The molecule has 5 heteroatoms. The summed E-state index contributed by atoms with van der Waals surface area (Å²) in [5, 5.41) is 0. The third kappa shape index (κ3) is 12.3. The average molecular weight is 585 g/mol. The first-order valence-electron chi connectivity index (χ1n) is 17.2. The second-order valence-electron chi connectivity index (χ2n) is 12.1. The predicted molar refractivity (Wildman–Crippen MR) is 184 cm³/mol. The van der Waals surface area contributed by atoms with Crippen LogP contribution in [0.25, 0.3) is 0 Å². The summed E-state index contributed by atoms with van der Waals surface area (Å²) in [6, 6.07) is 17.1. The van der Waals surface area contributed by atoms with Crippen molar-refractivity contribution in [2.75, 3.05) is 24.6 Å². The Balaban J connectivity index is 2.06. The molecule has 0 saturated carbocycles. The van der Waals surface area contributed by atoms with E-state index in [2.05, 4.69) is 90.1 Å². The summed E-state index contributed by atoms with van der Waals surface area (Å²) in [4.78, 5) is 0. The Labute approximate surface area is 254 Å². The fourth-order valence-corrected chi connectivity index (χ4v) is 9.71. The molecule has 2 rings (SSSR count). The Kier molecular flexibility index (Phi) is 17.1. The minimum absolute atomic E-state index is 0.763. The monoisotopic (exact) mass is 584 g/mol. The van der Waals surface area contributed by atoms with Crippen molar-refractivity contribution in [3.05, 3.63) is 59.7 Å². The van der Waals surface area contributed by atoms with Crippen LogP contribution in [0.4, 0.5) is 0 Å². The quantitative estimate of drug-likeness (QED) is 0.0698. The maximum absolute atomic E-state index is 7.00. The predicted octanol–water partition coefficient (Wildman–Crippen LogP) is 11.5. The molecule has 232 valence electrons. The molecule has 0 spiro atoms. The Morgan fingerprint density at radius 1 is 0.463 bits per heavy atom. The van der Waals surface area contributed by atoms with Crippen LogP contribution in [0.3, 0.4) is 0 Å². The van der Waals surface area contributed by atoms with Crippen molar-refractivity contribution >= 4 is 14.2 Å². The van der Waals surface area contributed by atoms with Crippen molar-refractivity contribution in [1.82, 2.24) is 0 Å². The van der Waals surface area contributed by atoms with E-state index in [0.717, 1.165) is 49.0 Å². The average Bonchev–Trinajstić information content (AvgIpc) is 3.01. The van der Waals surface area contributed by atoms with Crippen LogP contribution in [0.5, 0.6) is 11.5 Å². The molecule has 0 bridgehead atoms. The van der Waals surface area contributed by atoms with Crippen molar-refractivity contribution in [2.45, 2.75) is 131 Å².